The zero-order chi connectivity index (χ0) is 15.0. The van der Waals surface area contributed by atoms with Gasteiger partial charge < -0.3 is 16.2 Å². The average Bonchev–Trinajstić information content (AvgIpc) is 2.45. The third-order valence-electron chi connectivity index (χ3n) is 3.44. The molecule has 0 radical (unpaired) electrons. The summed E-state index contributed by atoms with van der Waals surface area (Å²) >= 11 is 0. The number of rotatable bonds is 7. The quantitative estimate of drug-likeness (QED) is 0.528. The molecule has 1 rings (SSSR count). The van der Waals surface area contributed by atoms with Crippen molar-refractivity contribution in [2.24, 2.45) is 5.92 Å². The first-order valence-corrected chi connectivity index (χ1v) is 7.06. The third kappa shape index (κ3) is 5.45. The first kappa shape index (κ1) is 16.2. The van der Waals surface area contributed by atoms with Gasteiger partial charge >= 0.3 is 0 Å². The lowest BCUT2D eigenvalue weighted by molar-refractivity contribution is -0.117. The zero-order valence-corrected chi connectivity index (χ0v) is 12.2. The molecule has 0 aliphatic rings. The van der Waals surface area contributed by atoms with Crippen LogP contribution < -0.4 is 11.1 Å². The maximum atomic E-state index is 11.7. The highest BCUT2D eigenvalue weighted by Gasteiger charge is 2.15. The van der Waals surface area contributed by atoms with Crippen LogP contribution in [0.3, 0.4) is 0 Å². The van der Waals surface area contributed by atoms with Crippen molar-refractivity contribution in [1.29, 1.82) is 0 Å². The molecule has 1 aromatic rings. The molecule has 0 bridgehead atoms. The lowest BCUT2D eigenvalue weighted by Gasteiger charge is -2.19. The van der Waals surface area contributed by atoms with Crippen LogP contribution in [0.5, 0.6) is 0 Å². The monoisotopic (exact) mass is 276 g/mol. The Hall–Kier alpha value is -1.81. The Labute approximate surface area is 120 Å². The fourth-order valence-electron chi connectivity index (χ4n) is 2.04. The van der Waals surface area contributed by atoms with Crippen LogP contribution in [0.1, 0.15) is 32.3 Å². The van der Waals surface area contributed by atoms with Gasteiger partial charge in [0.2, 0.25) is 5.91 Å². The molecule has 0 saturated heterocycles. The van der Waals surface area contributed by atoms with Crippen molar-refractivity contribution in [3.05, 3.63) is 35.9 Å². The highest BCUT2D eigenvalue weighted by molar-refractivity contribution is 5.91. The summed E-state index contributed by atoms with van der Waals surface area (Å²) in [6.45, 7) is 4.37. The third-order valence-corrected chi connectivity index (χ3v) is 3.44. The maximum Gasteiger partial charge on any atom is 0.244 e. The molecule has 1 amide bonds. The molecule has 0 aliphatic carbocycles. The minimum Gasteiger partial charge on any atom is -0.399 e. The molecule has 1 aromatic carbocycles. The normalized spacial score (nSPS) is 12.8. The number of aliphatic hydroxyl groups is 1. The molecular formula is C16H24N2O2. The van der Waals surface area contributed by atoms with Crippen molar-refractivity contribution in [2.45, 2.75) is 32.8 Å². The number of amides is 1. The zero-order valence-electron chi connectivity index (χ0n) is 12.2. The smallest absolute Gasteiger partial charge is 0.244 e. The highest BCUT2D eigenvalue weighted by Crippen LogP contribution is 2.12. The minimum absolute atomic E-state index is 0.202. The Bertz CT molecular complexity index is 436. The fourth-order valence-corrected chi connectivity index (χ4v) is 2.04. The summed E-state index contributed by atoms with van der Waals surface area (Å²) in [4.78, 5) is 11.7. The van der Waals surface area contributed by atoms with E-state index in [1.54, 1.807) is 18.2 Å². The van der Waals surface area contributed by atoms with Gasteiger partial charge in [-0.1, -0.05) is 38.8 Å². The van der Waals surface area contributed by atoms with E-state index in [2.05, 4.69) is 5.32 Å². The summed E-state index contributed by atoms with van der Waals surface area (Å²) in [5.41, 5.74) is 7.19. The maximum absolute atomic E-state index is 11.7. The van der Waals surface area contributed by atoms with Crippen LogP contribution in [-0.4, -0.2) is 23.7 Å². The van der Waals surface area contributed by atoms with Crippen LogP contribution >= 0.6 is 0 Å². The number of anilines is 1. The van der Waals surface area contributed by atoms with Gasteiger partial charge in [-0.15, -0.1) is 0 Å². The van der Waals surface area contributed by atoms with Gasteiger partial charge in [0.05, 0.1) is 6.10 Å². The molecule has 1 atom stereocenters. The van der Waals surface area contributed by atoms with Crippen LogP contribution in [0, 0.1) is 5.92 Å². The summed E-state index contributed by atoms with van der Waals surface area (Å²) in [6, 6.07) is 7.26. The van der Waals surface area contributed by atoms with Crippen molar-refractivity contribution in [3.63, 3.8) is 0 Å². The Morgan fingerprint density at radius 2 is 1.90 bits per heavy atom. The standard InChI is InChI=1S/C16H24N2O2/c1-3-13(4-2)15(19)11-18-16(20)10-7-12-5-8-14(17)9-6-12/h5-10,13,15,19H,3-4,11,17H2,1-2H3,(H,18,20)/b10-7+. The van der Waals surface area contributed by atoms with E-state index in [1.807, 2.05) is 26.0 Å². The molecule has 0 fully saturated rings. The average molecular weight is 276 g/mol. The molecule has 0 aromatic heterocycles. The minimum atomic E-state index is -0.487. The predicted octanol–water partition coefficient (Wildman–Crippen LogP) is 2.20. The predicted molar refractivity (Wildman–Crippen MR) is 83.0 cm³/mol. The van der Waals surface area contributed by atoms with E-state index >= 15 is 0 Å². The van der Waals surface area contributed by atoms with Crippen molar-refractivity contribution in [1.82, 2.24) is 5.32 Å². The van der Waals surface area contributed by atoms with Gasteiger partial charge in [-0.3, -0.25) is 4.79 Å². The highest BCUT2D eigenvalue weighted by atomic mass is 16.3. The Morgan fingerprint density at radius 1 is 1.30 bits per heavy atom. The first-order chi connectivity index (χ1) is 9.56. The summed E-state index contributed by atoms with van der Waals surface area (Å²) < 4.78 is 0. The topological polar surface area (TPSA) is 75.3 Å². The molecule has 0 aliphatic heterocycles. The Balaban J connectivity index is 2.42. The van der Waals surface area contributed by atoms with Gasteiger partial charge in [-0.2, -0.15) is 0 Å². The Morgan fingerprint density at radius 3 is 2.45 bits per heavy atom. The van der Waals surface area contributed by atoms with E-state index in [4.69, 9.17) is 5.73 Å². The molecule has 0 saturated carbocycles. The second-order valence-electron chi connectivity index (χ2n) is 4.89. The van der Waals surface area contributed by atoms with Gasteiger partial charge in [-0.05, 0) is 29.7 Å². The molecule has 110 valence electrons. The number of carbonyl (C=O) groups is 1. The van der Waals surface area contributed by atoms with E-state index < -0.39 is 6.10 Å². The molecule has 0 heterocycles. The number of nitrogens with two attached hydrogens (primary N) is 1. The number of aliphatic hydroxyl groups excluding tert-OH is 1. The van der Waals surface area contributed by atoms with Gasteiger partial charge in [0.15, 0.2) is 0 Å². The second-order valence-corrected chi connectivity index (χ2v) is 4.89. The van der Waals surface area contributed by atoms with E-state index in [9.17, 15) is 9.90 Å². The summed E-state index contributed by atoms with van der Waals surface area (Å²) in [5, 5.41) is 12.6. The number of hydrogen-bond acceptors (Lipinski definition) is 3. The number of nitrogens with one attached hydrogen (secondary N) is 1. The molecule has 4 nitrogen and oxygen atoms in total. The molecule has 4 heteroatoms. The van der Waals surface area contributed by atoms with Crippen LogP contribution in [0.2, 0.25) is 0 Å². The summed E-state index contributed by atoms with van der Waals surface area (Å²) in [6.07, 6.45) is 4.52. The van der Waals surface area contributed by atoms with Crippen molar-refractivity contribution >= 4 is 17.7 Å². The van der Waals surface area contributed by atoms with Crippen LogP contribution in [0.15, 0.2) is 30.3 Å². The lowest BCUT2D eigenvalue weighted by Crippen LogP contribution is -2.35. The number of benzene rings is 1. The molecular weight excluding hydrogens is 252 g/mol. The molecule has 1 unspecified atom stereocenters. The molecule has 4 N–H and O–H groups in total. The van der Waals surface area contributed by atoms with Gasteiger partial charge in [0.25, 0.3) is 0 Å². The van der Waals surface area contributed by atoms with E-state index in [0.29, 0.717) is 5.69 Å². The number of carbonyl (C=O) groups excluding carboxylic acids is 1. The van der Waals surface area contributed by atoms with Crippen molar-refractivity contribution in [2.75, 3.05) is 12.3 Å². The number of hydrogen-bond donors (Lipinski definition) is 3. The summed E-state index contributed by atoms with van der Waals surface area (Å²) in [5.74, 6) is 0.0307. The van der Waals surface area contributed by atoms with Crippen molar-refractivity contribution < 1.29 is 9.90 Å². The second kappa shape index (κ2) is 8.38. The first-order valence-electron chi connectivity index (χ1n) is 7.06. The van der Waals surface area contributed by atoms with Gasteiger partial charge in [-0.25, -0.2) is 0 Å². The van der Waals surface area contributed by atoms with E-state index in [1.165, 1.54) is 6.08 Å². The van der Waals surface area contributed by atoms with Crippen LogP contribution in [-0.2, 0) is 4.79 Å². The summed E-state index contributed by atoms with van der Waals surface area (Å²) in [7, 11) is 0. The largest absolute Gasteiger partial charge is 0.399 e. The van der Waals surface area contributed by atoms with Crippen LogP contribution in [0.4, 0.5) is 5.69 Å². The van der Waals surface area contributed by atoms with Gasteiger partial charge in [0.1, 0.15) is 0 Å². The van der Waals surface area contributed by atoms with Crippen LogP contribution in [0.25, 0.3) is 6.08 Å². The van der Waals surface area contributed by atoms with Crippen molar-refractivity contribution in [3.8, 4) is 0 Å². The van der Waals surface area contributed by atoms with Gasteiger partial charge in [0, 0.05) is 18.3 Å². The SMILES string of the molecule is CCC(CC)C(O)CNC(=O)/C=C/c1ccc(N)cc1. The Kier molecular flexibility index (Phi) is 6.81. The van der Waals surface area contributed by atoms with E-state index in [0.717, 1.165) is 18.4 Å². The molecule has 20 heavy (non-hydrogen) atoms. The molecule has 0 spiro atoms. The fraction of sp³-hybridized carbons (Fsp3) is 0.438. The van der Waals surface area contributed by atoms with E-state index in [-0.39, 0.29) is 18.4 Å². The lowest BCUT2D eigenvalue weighted by atomic mass is 9.96. The number of nitrogen functional groups attached to an aromatic ring is 1.